The molecule has 3 aromatic rings. The summed E-state index contributed by atoms with van der Waals surface area (Å²) in [7, 11) is 1.58. The Hall–Kier alpha value is -3.88. The summed E-state index contributed by atoms with van der Waals surface area (Å²) in [5, 5.41) is 8.51. The Labute approximate surface area is 197 Å². The third-order valence-electron chi connectivity index (χ3n) is 6.21. The maximum atomic E-state index is 13.3. The fourth-order valence-electron chi connectivity index (χ4n) is 4.37. The van der Waals surface area contributed by atoms with Crippen molar-refractivity contribution in [3.63, 3.8) is 0 Å². The first-order chi connectivity index (χ1) is 16.6. The first-order valence-corrected chi connectivity index (χ1v) is 11.5. The summed E-state index contributed by atoms with van der Waals surface area (Å²) in [6.45, 7) is 3.19. The number of rotatable bonds is 1. The first kappa shape index (κ1) is 21.9. The van der Waals surface area contributed by atoms with Gasteiger partial charge < -0.3 is 19.3 Å². The van der Waals surface area contributed by atoms with Crippen LogP contribution in [0.1, 0.15) is 33.6 Å². The monoisotopic (exact) mass is 461 g/mol. The minimum atomic E-state index is -0.0726. The van der Waals surface area contributed by atoms with Crippen LogP contribution in [0.4, 0.5) is 0 Å². The molecule has 8 bridgehead atoms. The maximum absolute atomic E-state index is 13.3. The van der Waals surface area contributed by atoms with Crippen LogP contribution in [0.3, 0.4) is 0 Å². The lowest BCUT2D eigenvalue weighted by molar-refractivity contribution is 0.0718. The van der Waals surface area contributed by atoms with Crippen molar-refractivity contribution in [3.8, 4) is 22.8 Å². The highest BCUT2D eigenvalue weighted by molar-refractivity contribution is 5.96. The molecule has 1 fully saturated rings. The van der Waals surface area contributed by atoms with E-state index in [1.165, 1.54) is 0 Å². The summed E-state index contributed by atoms with van der Waals surface area (Å²) in [5.41, 5.74) is 2.72. The molecule has 1 saturated heterocycles. The zero-order valence-electron chi connectivity index (χ0n) is 19.1. The number of ether oxygens (including phenoxy) is 2. The number of amides is 2. The van der Waals surface area contributed by atoms with Crippen LogP contribution in [0, 0.1) is 0 Å². The van der Waals surface area contributed by atoms with Gasteiger partial charge in [-0.15, -0.1) is 5.10 Å². The molecule has 0 unspecified atom stereocenters. The van der Waals surface area contributed by atoms with Crippen molar-refractivity contribution in [1.29, 1.82) is 0 Å². The number of carbonyl (C=O) groups excluding carboxylic acids is 2. The number of fused-ring (bicyclic) bond motifs is 10. The van der Waals surface area contributed by atoms with Crippen molar-refractivity contribution in [2.75, 3.05) is 39.9 Å². The summed E-state index contributed by atoms with van der Waals surface area (Å²) >= 11 is 0. The molecule has 3 heterocycles. The molecule has 34 heavy (non-hydrogen) atoms. The largest absolute Gasteiger partial charge is 0.493 e. The van der Waals surface area contributed by atoms with E-state index < -0.39 is 0 Å². The van der Waals surface area contributed by atoms with E-state index in [9.17, 15) is 9.59 Å². The van der Waals surface area contributed by atoms with Gasteiger partial charge in [0, 0.05) is 55.8 Å². The predicted molar refractivity (Wildman–Crippen MR) is 125 cm³/mol. The minimum Gasteiger partial charge on any atom is -0.493 e. The number of hydrogen-bond acceptors (Lipinski definition) is 6. The van der Waals surface area contributed by atoms with Gasteiger partial charge in [-0.1, -0.05) is 17.3 Å². The molecule has 2 aliphatic rings. The maximum Gasteiger partial charge on any atom is 0.254 e. The zero-order chi connectivity index (χ0) is 23.5. The second-order valence-electron chi connectivity index (χ2n) is 8.45. The summed E-state index contributed by atoms with van der Waals surface area (Å²) < 4.78 is 13.2. The Bertz CT molecular complexity index is 1210. The lowest BCUT2D eigenvalue weighted by atomic mass is 10.1. The van der Waals surface area contributed by atoms with Crippen LogP contribution in [0.5, 0.6) is 11.5 Å². The zero-order valence-corrected chi connectivity index (χ0v) is 19.1. The highest BCUT2D eigenvalue weighted by atomic mass is 16.5. The number of methoxy groups -OCH3 is 1. The molecular weight excluding hydrogens is 434 g/mol. The fourth-order valence-corrected chi connectivity index (χ4v) is 4.37. The number of aromatic nitrogens is 3. The van der Waals surface area contributed by atoms with E-state index in [1.54, 1.807) is 34.9 Å². The quantitative estimate of drug-likeness (QED) is 0.554. The predicted octanol–water partition coefficient (Wildman–Crippen LogP) is 2.72. The number of benzene rings is 2. The highest BCUT2D eigenvalue weighted by Crippen LogP contribution is 2.29. The molecule has 9 nitrogen and oxygen atoms in total. The highest BCUT2D eigenvalue weighted by Gasteiger charge is 2.25. The number of carbonyl (C=O) groups is 2. The van der Waals surface area contributed by atoms with E-state index in [0.717, 1.165) is 11.3 Å². The lowest BCUT2D eigenvalue weighted by Gasteiger charge is -2.23. The number of hydrogen-bond donors (Lipinski definition) is 0. The molecule has 5 rings (SSSR count). The summed E-state index contributed by atoms with van der Waals surface area (Å²) in [4.78, 5) is 30.1. The Kier molecular flexibility index (Phi) is 6.16. The molecule has 2 aliphatic heterocycles. The van der Waals surface area contributed by atoms with Gasteiger partial charge in [-0.3, -0.25) is 14.3 Å². The molecule has 0 atom stereocenters. The van der Waals surface area contributed by atoms with Crippen molar-refractivity contribution >= 4 is 11.8 Å². The molecule has 0 radical (unpaired) electrons. The minimum absolute atomic E-state index is 0.0402. The average Bonchev–Trinajstić information content (AvgIpc) is 3.21. The summed E-state index contributed by atoms with van der Waals surface area (Å²) in [6, 6.07) is 12.7. The van der Waals surface area contributed by atoms with Gasteiger partial charge in [-0.05, 0) is 36.8 Å². The smallest absolute Gasteiger partial charge is 0.254 e. The molecule has 0 N–H and O–H groups in total. The average molecular weight is 462 g/mol. The normalized spacial score (nSPS) is 16.9. The summed E-state index contributed by atoms with van der Waals surface area (Å²) in [6.07, 6.45) is 3.29. The number of nitrogens with zero attached hydrogens (tertiary/aromatic N) is 5. The van der Waals surface area contributed by atoms with Crippen molar-refractivity contribution in [3.05, 3.63) is 59.8 Å². The van der Waals surface area contributed by atoms with E-state index >= 15 is 0 Å². The van der Waals surface area contributed by atoms with Crippen LogP contribution in [0.15, 0.2) is 48.7 Å². The van der Waals surface area contributed by atoms with Crippen molar-refractivity contribution in [1.82, 2.24) is 24.8 Å². The molecule has 0 saturated carbocycles. The second-order valence-corrected chi connectivity index (χ2v) is 8.45. The first-order valence-electron chi connectivity index (χ1n) is 11.5. The van der Waals surface area contributed by atoms with Crippen LogP contribution >= 0.6 is 0 Å². The molecule has 0 spiro atoms. The van der Waals surface area contributed by atoms with E-state index in [-0.39, 0.29) is 11.8 Å². The van der Waals surface area contributed by atoms with E-state index in [4.69, 9.17) is 9.47 Å². The van der Waals surface area contributed by atoms with Crippen LogP contribution in [0.25, 0.3) is 11.3 Å². The molecule has 9 heteroatoms. The van der Waals surface area contributed by atoms with Gasteiger partial charge in [0.2, 0.25) is 0 Å². The van der Waals surface area contributed by atoms with Crippen LogP contribution in [0.2, 0.25) is 0 Å². The Morgan fingerprint density at radius 1 is 0.853 bits per heavy atom. The van der Waals surface area contributed by atoms with Crippen molar-refractivity contribution in [2.45, 2.75) is 19.4 Å². The van der Waals surface area contributed by atoms with Crippen LogP contribution in [-0.4, -0.2) is 76.5 Å². The van der Waals surface area contributed by atoms with Crippen LogP contribution < -0.4 is 9.47 Å². The van der Waals surface area contributed by atoms with Crippen molar-refractivity contribution < 1.29 is 19.1 Å². The molecule has 2 amide bonds. The van der Waals surface area contributed by atoms with Crippen LogP contribution in [-0.2, 0) is 6.54 Å². The molecule has 0 aliphatic carbocycles. The Balaban J connectivity index is 1.48. The third-order valence-corrected chi connectivity index (χ3v) is 6.21. The van der Waals surface area contributed by atoms with Gasteiger partial charge in [-0.25, -0.2) is 0 Å². The standard InChI is InChI=1S/C25H27N5O4/c1-33-22-8-7-20-16-23(22)34-14-4-11-30-17-21(26-27-30)18-5-2-6-19(15-18)24(31)28-9-3-10-29(13-12-28)25(20)32/h2,5-8,15-17H,3-4,9-14H2,1H3. The lowest BCUT2D eigenvalue weighted by Crippen LogP contribution is -2.37. The topological polar surface area (TPSA) is 89.8 Å². The second kappa shape index (κ2) is 9.54. The van der Waals surface area contributed by atoms with E-state index in [2.05, 4.69) is 10.3 Å². The molecule has 2 aromatic carbocycles. The SMILES string of the molecule is COc1ccc2cc1OCCCn1cc(nn1)-c1cccc(c1)C(=O)N1CCCN(CC1)C2=O. The van der Waals surface area contributed by atoms with Gasteiger partial charge in [0.25, 0.3) is 11.8 Å². The molecule has 176 valence electrons. The van der Waals surface area contributed by atoms with Gasteiger partial charge in [0.15, 0.2) is 11.5 Å². The van der Waals surface area contributed by atoms with Gasteiger partial charge in [-0.2, -0.15) is 0 Å². The number of aryl methyl sites for hydroxylation is 1. The van der Waals surface area contributed by atoms with Gasteiger partial charge in [0.05, 0.1) is 19.9 Å². The Morgan fingerprint density at radius 3 is 2.35 bits per heavy atom. The summed E-state index contributed by atoms with van der Waals surface area (Å²) in [5.74, 6) is 1.00. The van der Waals surface area contributed by atoms with Crippen molar-refractivity contribution in [2.24, 2.45) is 0 Å². The van der Waals surface area contributed by atoms with Gasteiger partial charge in [0.1, 0.15) is 5.69 Å². The van der Waals surface area contributed by atoms with Gasteiger partial charge >= 0.3 is 0 Å². The van der Waals surface area contributed by atoms with E-state index in [0.29, 0.717) is 74.8 Å². The molecular formula is C25H27N5O4. The molecule has 1 aromatic heterocycles. The van der Waals surface area contributed by atoms with E-state index in [1.807, 2.05) is 35.4 Å². The Morgan fingerprint density at radius 2 is 1.59 bits per heavy atom. The fraction of sp³-hybridized carbons (Fsp3) is 0.360. The third kappa shape index (κ3) is 4.46.